The number of anilines is 1. The summed E-state index contributed by atoms with van der Waals surface area (Å²) >= 11 is 13.9. The van der Waals surface area contributed by atoms with Gasteiger partial charge in [-0.15, -0.1) is 0 Å². The van der Waals surface area contributed by atoms with Gasteiger partial charge in [-0.25, -0.2) is 0 Å². The van der Waals surface area contributed by atoms with E-state index in [0.29, 0.717) is 14.2 Å². The van der Waals surface area contributed by atoms with Crippen molar-refractivity contribution in [1.29, 1.82) is 0 Å². The Morgan fingerprint density at radius 3 is 2.83 bits per heavy atom. The molecule has 0 aliphatic carbocycles. The molecular weight excluding hydrogens is 308 g/mol. The molecule has 0 unspecified atom stereocenters. The summed E-state index contributed by atoms with van der Waals surface area (Å²) in [6.07, 6.45) is 0. The molecule has 1 saturated heterocycles. The fraction of sp³-hybridized carbons (Fsp3) is 0.0909. The number of nitrogens with zero attached hydrogens (tertiary/aromatic N) is 1. The third-order valence-corrected chi connectivity index (χ3v) is 5.43. The number of amides is 1. The average Bonchev–Trinajstić information content (AvgIpc) is 2.80. The van der Waals surface area contributed by atoms with Crippen molar-refractivity contribution in [3.8, 4) is 0 Å². The molecule has 0 aromatic heterocycles. The number of carbonyl (C=O) groups is 1. The molecule has 0 bridgehead atoms. The third kappa shape index (κ3) is 1.93. The van der Waals surface area contributed by atoms with Gasteiger partial charge in [-0.05, 0) is 18.2 Å². The van der Waals surface area contributed by atoms with E-state index in [1.165, 1.54) is 11.8 Å². The maximum atomic E-state index is 11.8. The van der Waals surface area contributed by atoms with Crippen LogP contribution in [0, 0.1) is 0 Å². The van der Waals surface area contributed by atoms with Gasteiger partial charge in [-0.2, -0.15) is 0 Å². The first-order valence-electron chi connectivity index (χ1n) is 5.05. The first-order valence-corrected chi connectivity index (χ1v) is 7.47. The zero-order chi connectivity index (χ0) is 12.9. The smallest absolute Gasteiger partial charge is 0.266 e. The van der Waals surface area contributed by atoms with E-state index >= 15 is 0 Å². The lowest BCUT2D eigenvalue weighted by Gasteiger charge is -2.14. The Bertz CT molecular complexity index is 614. The van der Waals surface area contributed by atoms with Crippen molar-refractivity contribution in [1.82, 2.24) is 5.32 Å². The molecule has 1 amide bonds. The van der Waals surface area contributed by atoms with Crippen molar-refractivity contribution in [3.05, 3.63) is 33.2 Å². The van der Waals surface area contributed by atoms with Crippen LogP contribution in [0.4, 0.5) is 5.69 Å². The molecule has 0 spiro atoms. The summed E-state index contributed by atoms with van der Waals surface area (Å²) in [7, 11) is 1.92. The first kappa shape index (κ1) is 12.3. The van der Waals surface area contributed by atoms with Crippen molar-refractivity contribution in [3.63, 3.8) is 0 Å². The highest BCUT2D eigenvalue weighted by Crippen LogP contribution is 2.49. The zero-order valence-corrected chi connectivity index (χ0v) is 12.4. The van der Waals surface area contributed by atoms with Gasteiger partial charge in [-0.3, -0.25) is 4.79 Å². The van der Waals surface area contributed by atoms with Gasteiger partial charge in [0.1, 0.15) is 9.23 Å². The molecule has 0 radical (unpaired) electrons. The lowest BCUT2D eigenvalue weighted by atomic mass is 10.3. The number of benzene rings is 1. The molecule has 7 heteroatoms. The molecule has 3 rings (SSSR count). The molecule has 1 aromatic carbocycles. The van der Waals surface area contributed by atoms with E-state index in [1.807, 2.05) is 30.1 Å². The quantitative estimate of drug-likeness (QED) is 0.587. The SMILES string of the molecule is CN1/C(=C2/SC(=S)NC2=O)Sc2ccc(Cl)cc21. The van der Waals surface area contributed by atoms with E-state index in [-0.39, 0.29) is 5.91 Å². The van der Waals surface area contributed by atoms with E-state index < -0.39 is 0 Å². The average molecular weight is 315 g/mol. The molecule has 2 heterocycles. The summed E-state index contributed by atoms with van der Waals surface area (Å²) in [5, 5.41) is 4.22. The van der Waals surface area contributed by atoms with E-state index in [0.717, 1.165) is 15.6 Å². The predicted octanol–water partition coefficient (Wildman–Crippen LogP) is 3.20. The van der Waals surface area contributed by atoms with Gasteiger partial charge in [0.05, 0.1) is 10.7 Å². The van der Waals surface area contributed by atoms with Crippen molar-refractivity contribution in [2.45, 2.75) is 4.90 Å². The lowest BCUT2D eigenvalue weighted by Crippen LogP contribution is -2.20. The monoisotopic (exact) mass is 314 g/mol. The molecule has 2 aliphatic rings. The number of carbonyl (C=O) groups excluding carboxylic acids is 1. The minimum atomic E-state index is -0.127. The summed E-state index contributed by atoms with van der Waals surface area (Å²) in [5.74, 6) is -0.127. The van der Waals surface area contributed by atoms with Crippen LogP contribution in [0.25, 0.3) is 0 Å². The van der Waals surface area contributed by atoms with Crippen LogP contribution in [0.15, 0.2) is 33.0 Å². The highest BCUT2D eigenvalue weighted by molar-refractivity contribution is 8.27. The highest BCUT2D eigenvalue weighted by Gasteiger charge is 2.32. The minimum absolute atomic E-state index is 0.127. The molecule has 0 atom stereocenters. The van der Waals surface area contributed by atoms with E-state index in [9.17, 15) is 4.79 Å². The van der Waals surface area contributed by atoms with Gasteiger partial charge in [0.25, 0.3) is 5.91 Å². The maximum Gasteiger partial charge on any atom is 0.266 e. The number of fused-ring (bicyclic) bond motifs is 1. The van der Waals surface area contributed by atoms with Gasteiger partial charge in [-0.1, -0.05) is 47.3 Å². The van der Waals surface area contributed by atoms with Crippen LogP contribution in [0.3, 0.4) is 0 Å². The molecule has 18 heavy (non-hydrogen) atoms. The fourth-order valence-electron chi connectivity index (χ4n) is 1.77. The Morgan fingerprint density at radius 2 is 2.17 bits per heavy atom. The summed E-state index contributed by atoms with van der Waals surface area (Å²) in [5.41, 5.74) is 1.02. The largest absolute Gasteiger partial charge is 0.337 e. The Hall–Kier alpha value is -0.690. The van der Waals surface area contributed by atoms with Crippen molar-refractivity contribution >= 4 is 63.3 Å². The normalized spacial score (nSPS) is 22.4. The molecule has 2 aliphatic heterocycles. The maximum absolute atomic E-state index is 11.8. The second-order valence-electron chi connectivity index (χ2n) is 3.75. The number of nitrogens with one attached hydrogen (secondary N) is 1. The van der Waals surface area contributed by atoms with Crippen LogP contribution in [-0.2, 0) is 4.79 Å². The Labute approximate surface area is 123 Å². The molecule has 3 nitrogen and oxygen atoms in total. The lowest BCUT2D eigenvalue weighted by molar-refractivity contribution is -0.115. The third-order valence-electron chi connectivity index (χ3n) is 2.60. The highest BCUT2D eigenvalue weighted by atomic mass is 35.5. The summed E-state index contributed by atoms with van der Waals surface area (Å²) < 4.78 is 0.505. The molecule has 0 saturated carbocycles. The topological polar surface area (TPSA) is 32.3 Å². The van der Waals surface area contributed by atoms with Crippen molar-refractivity contribution in [2.75, 3.05) is 11.9 Å². The summed E-state index contributed by atoms with van der Waals surface area (Å²) in [4.78, 5) is 15.5. The Morgan fingerprint density at radius 1 is 1.39 bits per heavy atom. The molecule has 1 fully saturated rings. The van der Waals surface area contributed by atoms with Gasteiger partial charge < -0.3 is 10.2 Å². The predicted molar refractivity (Wildman–Crippen MR) is 81.1 cm³/mol. The molecule has 1 aromatic rings. The van der Waals surface area contributed by atoms with Crippen molar-refractivity contribution < 1.29 is 4.79 Å². The van der Waals surface area contributed by atoms with Crippen LogP contribution in [0.5, 0.6) is 0 Å². The summed E-state index contributed by atoms with van der Waals surface area (Å²) in [6.45, 7) is 0. The number of rotatable bonds is 0. The van der Waals surface area contributed by atoms with Gasteiger partial charge >= 0.3 is 0 Å². The van der Waals surface area contributed by atoms with Crippen LogP contribution < -0.4 is 10.2 Å². The number of halogens is 1. The summed E-state index contributed by atoms with van der Waals surface area (Å²) in [6, 6.07) is 5.71. The van der Waals surface area contributed by atoms with Gasteiger partial charge in [0.15, 0.2) is 0 Å². The number of hydrogen-bond donors (Lipinski definition) is 1. The minimum Gasteiger partial charge on any atom is -0.337 e. The fourth-order valence-corrected chi connectivity index (χ4v) is 4.30. The first-order chi connectivity index (χ1) is 8.56. The van der Waals surface area contributed by atoms with Crippen LogP contribution >= 0.6 is 47.3 Å². The van der Waals surface area contributed by atoms with Crippen molar-refractivity contribution in [2.24, 2.45) is 0 Å². The van der Waals surface area contributed by atoms with Gasteiger partial charge in [0.2, 0.25) is 0 Å². The van der Waals surface area contributed by atoms with Crippen LogP contribution in [0.1, 0.15) is 0 Å². The second kappa shape index (κ2) is 4.45. The van der Waals surface area contributed by atoms with Crippen LogP contribution in [-0.4, -0.2) is 17.3 Å². The Kier molecular flexibility index (Phi) is 3.05. The van der Waals surface area contributed by atoms with E-state index in [2.05, 4.69) is 5.32 Å². The number of hydrogen-bond acceptors (Lipinski definition) is 5. The number of thioether (sulfide) groups is 2. The second-order valence-corrected chi connectivity index (χ2v) is 6.91. The standard InChI is InChI=1S/C11H7ClN2OS3/c1-14-6-4-5(12)2-3-7(6)17-10(14)8-9(15)13-11(16)18-8/h2-4H,1H3,(H,13,15,16)/b10-8-. The van der Waals surface area contributed by atoms with Crippen LogP contribution in [0.2, 0.25) is 5.02 Å². The van der Waals surface area contributed by atoms with Gasteiger partial charge in [0, 0.05) is 17.0 Å². The number of thiocarbonyl (C=S) groups is 1. The van der Waals surface area contributed by atoms with E-state index in [1.54, 1.807) is 11.8 Å². The molecular formula is C11H7ClN2OS3. The molecule has 1 N–H and O–H groups in total. The zero-order valence-electron chi connectivity index (χ0n) is 9.19. The molecule has 92 valence electrons. The Balaban J connectivity index is 2.07. The van der Waals surface area contributed by atoms with E-state index in [4.69, 9.17) is 23.8 Å².